The summed E-state index contributed by atoms with van der Waals surface area (Å²) in [7, 11) is 0. The van der Waals surface area contributed by atoms with Crippen LogP contribution in [0.25, 0.3) is 22.4 Å². The largest absolute Gasteiger partial charge is 0.475 e. The first-order valence-corrected chi connectivity index (χ1v) is 10.3. The summed E-state index contributed by atoms with van der Waals surface area (Å²) in [5, 5.41) is 9.17. The number of nitriles is 1. The quantitative estimate of drug-likeness (QED) is 0.651. The third-order valence-electron chi connectivity index (χ3n) is 5.60. The Bertz CT molecular complexity index is 1220. The third kappa shape index (κ3) is 3.96. The lowest BCUT2D eigenvalue weighted by molar-refractivity contribution is -0.102. The molecule has 1 aromatic heterocycles. The van der Waals surface area contributed by atoms with E-state index in [0.717, 1.165) is 34.4 Å². The van der Waals surface area contributed by atoms with Crippen LogP contribution in [0.4, 0.5) is 0 Å². The van der Waals surface area contributed by atoms with Crippen molar-refractivity contribution in [3.05, 3.63) is 70.1 Å². The van der Waals surface area contributed by atoms with E-state index in [9.17, 15) is 10.1 Å². The molecule has 1 atom stereocenters. The SMILES string of the molecule is N#Cc1cccc(-c2ccc3c(c2)CCn2c-3cc(OCC3COCCO3)nc2=O)c1. The Morgan fingerprint density at radius 3 is 2.90 bits per heavy atom. The zero-order chi connectivity index (χ0) is 21.2. The van der Waals surface area contributed by atoms with Gasteiger partial charge < -0.3 is 14.2 Å². The van der Waals surface area contributed by atoms with Gasteiger partial charge in [-0.2, -0.15) is 10.2 Å². The second-order valence-electron chi connectivity index (χ2n) is 7.61. The molecule has 0 saturated carbocycles. The number of ether oxygens (including phenoxy) is 3. The molecule has 1 saturated heterocycles. The van der Waals surface area contributed by atoms with Gasteiger partial charge in [-0.1, -0.05) is 30.3 Å². The minimum Gasteiger partial charge on any atom is -0.475 e. The number of rotatable bonds is 4. The third-order valence-corrected chi connectivity index (χ3v) is 5.60. The maximum Gasteiger partial charge on any atom is 0.351 e. The van der Waals surface area contributed by atoms with E-state index < -0.39 is 0 Å². The van der Waals surface area contributed by atoms with Crippen molar-refractivity contribution in [2.24, 2.45) is 0 Å². The fourth-order valence-corrected chi connectivity index (χ4v) is 4.04. The summed E-state index contributed by atoms with van der Waals surface area (Å²) in [4.78, 5) is 16.7. The van der Waals surface area contributed by atoms with Crippen molar-refractivity contribution in [2.75, 3.05) is 26.4 Å². The Morgan fingerprint density at radius 2 is 2.06 bits per heavy atom. The lowest BCUT2D eigenvalue weighted by atomic mass is 9.93. The highest BCUT2D eigenvalue weighted by molar-refractivity contribution is 5.74. The fraction of sp³-hybridized carbons (Fsp3) is 0.292. The van der Waals surface area contributed by atoms with Crippen molar-refractivity contribution in [2.45, 2.75) is 19.1 Å². The Hall–Kier alpha value is -3.47. The van der Waals surface area contributed by atoms with E-state index in [-0.39, 0.29) is 18.4 Å². The predicted octanol–water partition coefficient (Wildman–Crippen LogP) is 2.80. The first-order chi connectivity index (χ1) is 15.2. The number of aromatic nitrogens is 2. The fourth-order valence-electron chi connectivity index (χ4n) is 4.04. The Balaban J connectivity index is 1.45. The summed E-state index contributed by atoms with van der Waals surface area (Å²) in [6, 6.07) is 17.7. The molecule has 0 bridgehead atoms. The molecule has 156 valence electrons. The van der Waals surface area contributed by atoms with E-state index in [2.05, 4.69) is 17.1 Å². The molecule has 3 heterocycles. The van der Waals surface area contributed by atoms with Gasteiger partial charge in [0, 0.05) is 18.2 Å². The second kappa shape index (κ2) is 8.34. The van der Waals surface area contributed by atoms with E-state index in [1.807, 2.05) is 36.4 Å². The molecule has 2 aliphatic rings. The normalized spacial score (nSPS) is 17.3. The molecule has 0 spiro atoms. The van der Waals surface area contributed by atoms with E-state index in [4.69, 9.17) is 14.2 Å². The highest BCUT2D eigenvalue weighted by Gasteiger charge is 2.21. The topological polar surface area (TPSA) is 86.4 Å². The number of fused-ring (bicyclic) bond motifs is 3. The summed E-state index contributed by atoms with van der Waals surface area (Å²) >= 11 is 0. The van der Waals surface area contributed by atoms with Crippen molar-refractivity contribution in [1.82, 2.24) is 9.55 Å². The highest BCUT2D eigenvalue weighted by atomic mass is 16.6. The van der Waals surface area contributed by atoms with E-state index in [0.29, 0.717) is 37.8 Å². The molecule has 1 fully saturated rings. The summed E-state index contributed by atoms with van der Waals surface area (Å²) in [5.74, 6) is 0.295. The molecule has 31 heavy (non-hydrogen) atoms. The van der Waals surface area contributed by atoms with Gasteiger partial charge in [-0.05, 0) is 35.2 Å². The van der Waals surface area contributed by atoms with Crippen LogP contribution in [0.3, 0.4) is 0 Å². The van der Waals surface area contributed by atoms with Crippen molar-refractivity contribution in [3.63, 3.8) is 0 Å². The van der Waals surface area contributed by atoms with E-state index >= 15 is 0 Å². The van der Waals surface area contributed by atoms with Gasteiger partial charge in [0.25, 0.3) is 0 Å². The number of nitrogens with zero attached hydrogens (tertiary/aromatic N) is 3. The minimum absolute atomic E-state index is 0.159. The number of aryl methyl sites for hydroxylation is 1. The average Bonchev–Trinajstić information content (AvgIpc) is 2.83. The second-order valence-corrected chi connectivity index (χ2v) is 7.61. The van der Waals surface area contributed by atoms with Crippen molar-refractivity contribution in [1.29, 1.82) is 5.26 Å². The van der Waals surface area contributed by atoms with Crippen molar-refractivity contribution >= 4 is 0 Å². The number of hydrogen-bond acceptors (Lipinski definition) is 6. The van der Waals surface area contributed by atoms with Crippen LogP contribution in [0.5, 0.6) is 5.88 Å². The zero-order valence-electron chi connectivity index (χ0n) is 16.9. The van der Waals surface area contributed by atoms with Crippen molar-refractivity contribution in [3.8, 4) is 34.3 Å². The maximum atomic E-state index is 12.6. The molecular weight excluding hydrogens is 394 g/mol. The molecule has 5 rings (SSSR count). The van der Waals surface area contributed by atoms with Crippen LogP contribution in [0.1, 0.15) is 11.1 Å². The molecule has 3 aromatic rings. The molecule has 0 radical (unpaired) electrons. The smallest absolute Gasteiger partial charge is 0.351 e. The van der Waals surface area contributed by atoms with Crippen LogP contribution >= 0.6 is 0 Å². The number of hydrogen-bond donors (Lipinski definition) is 0. The molecule has 0 N–H and O–H groups in total. The molecule has 7 nitrogen and oxygen atoms in total. The van der Waals surface area contributed by atoms with Crippen LogP contribution in [0, 0.1) is 11.3 Å². The standard InChI is InChI=1S/C24H21N3O4/c25-13-16-2-1-3-17(10-16)18-4-5-21-19(11-18)6-7-27-22(21)12-23(26-24(27)28)31-15-20-14-29-8-9-30-20/h1-5,10-12,20H,6-9,14-15H2. The lowest BCUT2D eigenvalue weighted by Gasteiger charge is -2.24. The Morgan fingerprint density at radius 1 is 1.16 bits per heavy atom. The highest BCUT2D eigenvalue weighted by Crippen LogP contribution is 2.33. The summed E-state index contributed by atoms with van der Waals surface area (Å²) in [6.45, 7) is 2.46. The van der Waals surface area contributed by atoms with Gasteiger partial charge in [-0.15, -0.1) is 0 Å². The van der Waals surface area contributed by atoms with Gasteiger partial charge in [0.1, 0.15) is 12.7 Å². The molecule has 7 heteroatoms. The zero-order valence-corrected chi connectivity index (χ0v) is 16.9. The first-order valence-electron chi connectivity index (χ1n) is 10.3. The predicted molar refractivity (Wildman–Crippen MR) is 114 cm³/mol. The van der Waals surface area contributed by atoms with Crippen LogP contribution < -0.4 is 10.4 Å². The molecule has 2 aromatic carbocycles. The minimum atomic E-state index is -0.315. The molecule has 1 unspecified atom stereocenters. The van der Waals surface area contributed by atoms with Gasteiger partial charge in [-0.3, -0.25) is 4.57 Å². The van der Waals surface area contributed by atoms with Crippen LogP contribution in [0.15, 0.2) is 53.3 Å². The van der Waals surface area contributed by atoms with E-state index in [1.54, 1.807) is 10.6 Å². The van der Waals surface area contributed by atoms with Crippen LogP contribution in [-0.2, 0) is 22.4 Å². The average molecular weight is 415 g/mol. The van der Waals surface area contributed by atoms with Crippen molar-refractivity contribution < 1.29 is 14.2 Å². The van der Waals surface area contributed by atoms with Gasteiger partial charge in [0.15, 0.2) is 0 Å². The summed E-state index contributed by atoms with van der Waals surface area (Å²) in [5.41, 5.74) is 5.31. The summed E-state index contributed by atoms with van der Waals surface area (Å²) < 4.78 is 18.4. The lowest BCUT2D eigenvalue weighted by Crippen LogP contribution is -2.34. The van der Waals surface area contributed by atoms with Gasteiger partial charge in [-0.25, -0.2) is 4.79 Å². The molecule has 0 aliphatic carbocycles. The molecule has 2 aliphatic heterocycles. The van der Waals surface area contributed by atoms with Gasteiger partial charge in [0.05, 0.1) is 37.1 Å². The first kappa shape index (κ1) is 19.5. The summed E-state index contributed by atoms with van der Waals surface area (Å²) in [6.07, 6.45) is 0.580. The maximum absolute atomic E-state index is 12.6. The van der Waals surface area contributed by atoms with Crippen LogP contribution in [-0.4, -0.2) is 42.1 Å². The Kier molecular flexibility index (Phi) is 5.24. The molecular formula is C24H21N3O4. The van der Waals surface area contributed by atoms with Gasteiger partial charge >= 0.3 is 5.69 Å². The van der Waals surface area contributed by atoms with Crippen LogP contribution in [0.2, 0.25) is 0 Å². The number of benzene rings is 2. The monoisotopic (exact) mass is 415 g/mol. The molecule has 0 amide bonds. The van der Waals surface area contributed by atoms with Gasteiger partial charge in [0.2, 0.25) is 5.88 Å². The Labute approximate surface area is 179 Å². The van der Waals surface area contributed by atoms with E-state index in [1.165, 1.54) is 0 Å².